The summed E-state index contributed by atoms with van der Waals surface area (Å²) >= 11 is 0. The number of nitrogens with zero attached hydrogens (tertiary/aromatic N) is 2. The van der Waals surface area contributed by atoms with Gasteiger partial charge in [0.05, 0.1) is 13.2 Å². The molecule has 53 heavy (non-hydrogen) atoms. The van der Waals surface area contributed by atoms with E-state index in [1.165, 1.54) is 11.0 Å². The molecule has 8 rings (SSSR count). The van der Waals surface area contributed by atoms with E-state index < -0.39 is 47.6 Å². The molecule has 3 heterocycles. The molecule has 3 aromatic carbocycles. The number of aliphatic hydroxyl groups excluding tert-OH is 1. The van der Waals surface area contributed by atoms with Crippen LogP contribution in [0.4, 0.5) is 0 Å². The Kier molecular flexibility index (Phi) is 9.15. The average Bonchev–Trinajstić information content (AvgIpc) is 3.83. The lowest BCUT2D eigenvalue weighted by molar-refractivity contribution is -0.217. The summed E-state index contributed by atoms with van der Waals surface area (Å²) < 4.78 is 19.6. The molecular weight excluding hydrogens is 680 g/mol. The Morgan fingerprint density at radius 1 is 0.943 bits per heavy atom. The van der Waals surface area contributed by atoms with Crippen LogP contribution < -0.4 is 10.6 Å². The summed E-state index contributed by atoms with van der Waals surface area (Å²) in [6, 6.07) is 21.4. The highest BCUT2D eigenvalue weighted by molar-refractivity contribution is 5.95. The summed E-state index contributed by atoms with van der Waals surface area (Å²) in [6.07, 6.45) is 1.54. The first-order chi connectivity index (χ1) is 25.6. The van der Waals surface area contributed by atoms with E-state index in [2.05, 4.69) is 22.8 Å². The Balaban J connectivity index is 1.08. The first-order valence-electron chi connectivity index (χ1n) is 17.9. The van der Waals surface area contributed by atoms with Gasteiger partial charge in [0.15, 0.2) is 11.8 Å². The second-order valence-corrected chi connectivity index (χ2v) is 14.6. The van der Waals surface area contributed by atoms with Gasteiger partial charge in [0.25, 0.3) is 5.91 Å². The van der Waals surface area contributed by atoms with Crippen molar-refractivity contribution in [2.45, 2.75) is 68.6 Å². The van der Waals surface area contributed by atoms with E-state index in [0.717, 1.165) is 22.3 Å². The smallest absolute Gasteiger partial charge is 0.327 e. The van der Waals surface area contributed by atoms with E-state index in [1.807, 2.05) is 36.4 Å². The molecule has 6 unspecified atom stereocenters. The van der Waals surface area contributed by atoms with Gasteiger partial charge in [-0.1, -0.05) is 60.7 Å². The third kappa shape index (κ3) is 6.32. The first kappa shape index (κ1) is 35.1. The number of hydroxylamine groups is 2. The summed E-state index contributed by atoms with van der Waals surface area (Å²) in [7, 11) is 3.37. The van der Waals surface area contributed by atoms with Crippen LogP contribution in [0.5, 0.6) is 0 Å². The second-order valence-electron chi connectivity index (χ2n) is 14.6. The number of hydrogen-bond donors (Lipinski definition) is 3. The van der Waals surface area contributed by atoms with Crippen LogP contribution in [0.25, 0.3) is 6.08 Å². The minimum Gasteiger partial charge on any atom is -0.458 e. The number of aliphatic hydroxyl groups is 1. The van der Waals surface area contributed by atoms with E-state index in [0.29, 0.717) is 24.0 Å². The number of esters is 1. The molecule has 0 aromatic heterocycles. The Labute approximate surface area is 306 Å². The molecule has 3 amide bonds. The van der Waals surface area contributed by atoms with Crippen molar-refractivity contribution in [2.75, 3.05) is 27.2 Å². The van der Waals surface area contributed by atoms with E-state index in [-0.39, 0.29) is 50.4 Å². The number of fused-ring (bicyclic) bond motifs is 5. The second kappa shape index (κ2) is 13.8. The fourth-order valence-electron chi connectivity index (χ4n) is 8.43. The summed E-state index contributed by atoms with van der Waals surface area (Å²) in [5.41, 5.74) is 3.61. The van der Waals surface area contributed by atoms with Crippen molar-refractivity contribution in [2.24, 2.45) is 5.41 Å². The zero-order chi connectivity index (χ0) is 36.9. The molecule has 4 fully saturated rings. The molecule has 3 N–H and O–H groups in total. The maximum absolute atomic E-state index is 14.7. The SMILES string of the molecule is CN(C)C(=O)C=Cc1ccc(CN2OC3C4OC5(Cc6ccccc6C5)OC4C4CC3(C(=O)NCc3cccc(C(=O)NCCO)c3)C2C(=O)O4)cc1. The average molecular weight is 723 g/mol. The molecule has 3 saturated heterocycles. The summed E-state index contributed by atoms with van der Waals surface area (Å²) in [5.74, 6) is -2.38. The fraction of sp³-hybridized carbons (Fsp3) is 0.400. The standard InChI is InChI=1S/C40H42N4O9/c1-43(2)31(46)15-14-24-10-12-25(13-11-24)23-44-34-37(48)50-30-21-40(34,38(49)42-22-26-6-5-9-27(18-26)36(47)41-16-17-45)35(53-44)33-32(30)51-39(52-33)19-28-7-3-4-8-29(28)20-39/h3-15,18,30,32-35,45H,16-17,19-23H2,1-2H3,(H,41,47)(H,42,49). The van der Waals surface area contributed by atoms with Crippen LogP contribution in [0.1, 0.15) is 44.6 Å². The Morgan fingerprint density at radius 2 is 1.68 bits per heavy atom. The molecule has 276 valence electrons. The van der Waals surface area contributed by atoms with Gasteiger partial charge in [-0.2, -0.15) is 5.06 Å². The van der Waals surface area contributed by atoms with Crippen LogP contribution in [-0.4, -0.2) is 102 Å². The van der Waals surface area contributed by atoms with E-state index in [1.54, 1.807) is 49.5 Å². The number of amides is 3. The molecule has 13 heteroatoms. The minimum atomic E-state index is -1.37. The summed E-state index contributed by atoms with van der Waals surface area (Å²) in [5, 5.41) is 16.4. The molecular formula is C40H42N4O9. The monoisotopic (exact) mass is 722 g/mol. The van der Waals surface area contributed by atoms with Gasteiger partial charge in [0, 0.05) is 58.1 Å². The van der Waals surface area contributed by atoms with Crippen molar-refractivity contribution in [3.05, 3.63) is 112 Å². The van der Waals surface area contributed by atoms with Crippen molar-refractivity contribution >= 4 is 29.8 Å². The molecule has 1 spiro atoms. The molecule has 5 aliphatic rings. The van der Waals surface area contributed by atoms with Gasteiger partial charge in [-0.15, -0.1) is 0 Å². The van der Waals surface area contributed by atoms with E-state index in [4.69, 9.17) is 24.2 Å². The van der Waals surface area contributed by atoms with Gasteiger partial charge >= 0.3 is 5.97 Å². The molecule has 2 aliphatic carbocycles. The lowest BCUT2D eigenvalue weighted by Gasteiger charge is -2.48. The fourth-order valence-corrected chi connectivity index (χ4v) is 8.43. The Bertz CT molecular complexity index is 1940. The number of likely N-dealkylation sites (N-methyl/N-ethyl adjacent to an activating group) is 1. The van der Waals surface area contributed by atoms with Crippen LogP contribution in [0.2, 0.25) is 0 Å². The molecule has 3 aromatic rings. The summed E-state index contributed by atoms with van der Waals surface area (Å²) in [4.78, 5) is 61.6. The van der Waals surface area contributed by atoms with Crippen LogP contribution >= 0.6 is 0 Å². The Morgan fingerprint density at radius 3 is 2.40 bits per heavy atom. The maximum atomic E-state index is 14.7. The number of ether oxygens (including phenoxy) is 3. The quantitative estimate of drug-likeness (QED) is 0.209. The number of hydrogen-bond acceptors (Lipinski definition) is 10. The van der Waals surface area contributed by atoms with Gasteiger partial charge in [-0.3, -0.25) is 24.0 Å². The number of carbonyl (C=O) groups is 4. The van der Waals surface area contributed by atoms with Crippen molar-refractivity contribution in [1.82, 2.24) is 20.6 Å². The number of nitrogens with one attached hydrogen (secondary N) is 2. The normalized spacial score (nSPS) is 27.7. The topological polar surface area (TPSA) is 156 Å². The minimum absolute atomic E-state index is 0.0941. The molecule has 0 radical (unpaired) electrons. The van der Waals surface area contributed by atoms with Gasteiger partial charge in [0.1, 0.15) is 29.8 Å². The predicted octanol–water partition coefficient (Wildman–Crippen LogP) is 1.91. The van der Waals surface area contributed by atoms with Gasteiger partial charge < -0.3 is 34.9 Å². The van der Waals surface area contributed by atoms with Crippen molar-refractivity contribution in [3.63, 3.8) is 0 Å². The number of rotatable bonds is 10. The van der Waals surface area contributed by atoms with Gasteiger partial charge in [-0.05, 0) is 46.0 Å². The largest absolute Gasteiger partial charge is 0.458 e. The maximum Gasteiger partial charge on any atom is 0.327 e. The van der Waals surface area contributed by atoms with Crippen LogP contribution in [0, 0.1) is 5.41 Å². The van der Waals surface area contributed by atoms with Crippen LogP contribution in [0.15, 0.2) is 78.9 Å². The third-order valence-electron chi connectivity index (χ3n) is 10.9. The molecule has 2 bridgehead atoms. The third-order valence-corrected chi connectivity index (χ3v) is 10.9. The van der Waals surface area contributed by atoms with Crippen molar-refractivity contribution < 1.29 is 43.3 Å². The predicted molar refractivity (Wildman–Crippen MR) is 189 cm³/mol. The molecule has 1 saturated carbocycles. The van der Waals surface area contributed by atoms with E-state index in [9.17, 15) is 19.2 Å². The number of carbonyl (C=O) groups excluding carboxylic acids is 4. The highest BCUT2D eigenvalue weighted by Gasteiger charge is 2.76. The highest BCUT2D eigenvalue weighted by atomic mass is 16.8. The highest BCUT2D eigenvalue weighted by Crippen LogP contribution is 2.58. The zero-order valence-electron chi connectivity index (χ0n) is 29.5. The van der Waals surface area contributed by atoms with Crippen LogP contribution in [-0.2, 0) is 59.4 Å². The molecule has 13 nitrogen and oxygen atoms in total. The molecule has 3 aliphatic heterocycles. The van der Waals surface area contributed by atoms with Crippen molar-refractivity contribution in [3.8, 4) is 0 Å². The lowest BCUT2D eigenvalue weighted by Crippen LogP contribution is -2.69. The number of benzene rings is 3. The summed E-state index contributed by atoms with van der Waals surface area (Å²) in [6.45, 7) is 0.216. The lowest BCUT2D eigenvalue weighted by atomic mass is 9.62. The van der Waals surface area contributed by atoms with Gasteiger partial charge in [-0.25, -0.2) is 0 Å². The van der Waals surface area contributed by atoms with Gasteiger partial charge in [0.2, 0.25) is 11.8 Å². The Hall–Kier alpha value is -4.92. The first-order valence-corrected chi connectivity index (χ1v) is 17.9. The van der Waals surface area contributed by atoms with E-state index >= 15 is 0 Å². The van der Waals surface area contributed by atoms with Crippen molar-refractivity contribution in [1.29, 1.82) is 0 Å². The zero-order valence-corrected chi connectivity index (χ0v) is 29.5. The van der Waals surface area contributed by atoms with Crippen LogP contribution in [0.3, 0.4) is 0 Å². The molecule has 6 atom stereocenters.